The smallest absolute Gasteiger partial charge is 0.259 e. The molecule has 0 aliphatic heterocycles. The first-order valence-electron chi connectivity index (χ1n) is 6.86. The molecular formula is C18H14ClNO2. The van der Waals surface area contributed by atoms with Crippen LogP contribution in [0.1, 0.15) is 16.1 Å². The number of rotatable bonds is 3. The Labute approximate surface area is 133 Å². The van der Waals surface area contributed by atoms with E-state index in [2.05, 4.69) is 5.32 Å². The molecule has 110 valence electrons. The monoisotopic (exact) mass is 311 g/mol. The quantitative estimate of drug-likeness (QED) is 0.726. The van der Waals surface area contributed by atoms with E-state index >= 15 is 0 Å². The van der Waals surface area contributed by atoms with Crippen molar-refractivity contribution in [1.82, 2.24) is 0 Å². The van der Waals surface area contributed by atoms with Crippen LogP contribution >= 0.6 is 11.6 Å². The maximum absolute atomic E-state index is 12.4. The van der Waals surface area contributed by atoms with Crippen molar-refractivity contribution in [1.29, 1.82) is 0 Å². The number of halogens is 1. The van der Waals surface area contributed by atoms with Gasteiger partial charge in [-0.3, -0.25) is 4.79 Å². The van der Waals surface area contributed by atoms with Crippen molar-refractivity contribution in [2.75, 3.05) is 5.32 Å². The van der Waals surface area contributed by atoms with Crippen molar-refractivity contribution in [3.8, 4) is 11.3 Å². The molecular weight excluding hydrogens is 298 g/mol. The number of aryl methyl sites for hydroxylation is 1. The maximum atomic E-state index is 12.4. The first-order valence-corrected chi connectivity index (χ1v) is 7.24. The third kappa shape index (κ3) is 3.05. The Morgan fingerprint density at radius 2 is 1.73 bits per heavy atom. The Balaban J connectivity index is 1.84. The van der Waals surface area contributed by atoms with Crippen LogP contribution < -0.4 is 5.32 Å². The predicted molar refractivity (Wildman–Crippen MR) is 88.3 cm³/mol. The zero-order valence-corrected chi connectivity index (χ0v) is 12.7. The average Bonchev–Trinajstić information content (AvgIpc) is 2.92. The van der Waals surface area contributed by atoms with Gasteiger partial charge < -0.3 is 9.73 Å². The largest absolute Gasteiger partial charge is 0.461 e. The molecule has 0 aliphatic rings. The van der Waals surface area contributed by atoms with E-state index < -0.39 is 0 Å². The second-order valence-corrected chi connectivity index (χ2v) is 5.34. The van der Waals surface area contributed by atoms with E-state index in [4.69, 9.17) is 16.0 Å². The van der Waals surface area contributed by atoms with E-state index in [0.717, 1.165) is 5.56 Å². The number of furan rings is 1. The summed E-state index contributed by atoms with van der Waals surface area (Å²) in [5, 5.41) is 3.46. The molecule has 1 heterocycles. The van der Waals surface area contributed by atoms with Gasteiger partial charge in [0, 0.05) is 16.3 Å². The number of hydrogen-bond acceptors (Lipinski definition) is 2. The summed E-state index contributed by atoms with van der Waals surface area (Å²) in [6, 6.07) is 18.4. The molecule has 0 saturated carbocycles. The minimum Gasteiger partial charge on any atom is -0.461 e. The topological polar surface area (TPSA) is 42.2 Å². The summed E-state index contributed by atoms with van der Waals surface area (Å²) in [4.78, 5) is 12.4. The van der Waals surface area contributed by atoms with Crippen LogP contribution in [-0.4, -0.2) is 5.91 Å². The lowest BCUT2D eigenvalue weighted by atomic mass is 10.1. The number of carbonyl (C=O) groups is 1. The summed E-state index contributed by atoms with van der Waals surface area (Å²) in [5.74, 6) is 1.07. The SMILES string of the molecule is Cc1oc(-c2ccccc2)cc1C(=O)Nc1ccc(Cl)cc1. The van der Waals surface area contributed by atoms with Crippen LogP contribution in [0.3, 0.4) is 0 Å². The van der Waals surface area contributed by atoms with Crippen molar-refractivity contribution in [3.05, 3.63) is 77.0 Å². The van der Waals surface area contributed by atoms with Gasteiger partial charge in [-0.2, -0.15) is 0 Å². The fourth-order valence-electron chi connectivity index (χ4n) is 2.18. The molecule has 3 nitrogen and oxygen atoms in total. The van der Waals surface area contributed by atoms with E-state index in [1.807, 2.05) is 30.3 Å². The number of hydrogen-bond donors (Lipinski definition) is 1. The molecule has 22 heavy (non-hydrogen) atoms. The van der Waals surface area contributed by atoms with E-state index in [1.54, 1.807) is 37.3 Å². The van der Waals surface area contributed by atoms with Crippen molar-refractivity contribution in [2.45, 2.75) is 6.92 Å². The van der Waals surface area contributed by atoms with E-state index in [0.29, 0.717) is 27.8 Å². The van der Waals surface area contributed by atoms with Crippen LogP contribution in [0.4, 0.5) is 5.69 Å². The molecule has 0 radical (unpaired) electrons. The van der Waals surface area contributed by atoms with Gasteiger partial charge in [-0.25, -0.2) is 0 Å². The minimum absolute atomic E-state index is 0.203. The molecule has 0 spiro atoms. The van der Waals surface area contributed by atoms with E-state index in [1.165, 1.54) is 0 Å². The highest BCUT2D eigenvalue weighted by Gasteiger charge is 2.16. The summed E-state index contributed by atoms with van der Waals surface area (Å²) in [5.41, 5.74) is 2.15. The second-order valence-electron chi connectivity index (χ2n) is 4.91. The first-order chi connectivity index (χ1) is 10.6. The minimum atomic E-state index is -0.203. The highest BCUT2D eigenvalue weighted by Crippen LogP contribution is 2.26. The van der Waals surface area contributed by atoms with Crippen LogP contribution in [-0.2, 0) is 0 Å². The molecule has 2 aromatic carbocycles. The molecule has 3 aromatic rings. The summed E-state index contributed by atoms with van der Waals surface area (Å²) < 4.78 is 5.70. The number of benzene rings is 2. The lowest BCUT2D eigenvalue weighted by Crippen LogP contribution is -2.11. The molecule has 0 unspecified atom stereocenters. The normalized spacial score (nSPS) is 10.5. The molecule has 1 aromatic heterocycles. The predicted octanol–water partition coefficient (Wildman–Crippen LogP) is 5.16. The molecule has 1 amide bonds. The number of nitrogens with one attached hydrogen (secondary N) is 1. The zero-order valence-electron chi connectivity index (χ0n) is 12.0. The molecule has 0 aliphatic carbocycles. The summed E-state index contributed by atoms with van der Waals surface area (Å²) in [6.07, 6.45) is 0. The van der Waals surface area contributed by atoms with Crippen molar-refractivity contribution in [2.24, 2.45) is 0 Å². The van der Waals surface area contributed by atoms with E-state index in [-0.39, 0.29) is 5.91 Å². The van der Waals surface area contributed by atoms with Gasteiger partial charge in [0.05, 0.1) is 5.56 Å². The van der Waals surface area contributed by atoms with Crippen LogP contribution in [0, 0.1) is 6.92 Å². The Bertz CT molecular complexity index is 792. The van der Waals surface area contributed by atoms with Crippen LogP contribution in [0.15, 0.2) is 65.1 Å². The summed E-state index contributed by atoms with van der Waals surface area (Å²) in [6.45, 7) is 1.78. The van der Waals surface area contributed by atoms with Gasteiger partial charge in [0.25, 0.3) is 5.91 Å². The first kappa shape index (κ1) is 14.4. The Hall–Kier alpha value is -2.52. The van der Waals surface area contributed by atoms with Gasteiger partial charge in [-0.1, -0.05) is 41.9 Å². The molecule has 0 atom stereocenters. The second kappa shape index (κ2) is 6.08. The number of anilines is 1. The van der Waals surface area contributed by atoms with Crippen LogP contribution in [0.2, 0.25) is 5.02 Å². The Morgan fingerprint density at radius 3 is 2.41 bits per heavy atom. The lowest BCUT2D eigenvalue weighted by molar-refractivity contribution is 0.102. The molecule has 0 bridgehead atoms. The highest BCUT2D eigenvalue weighted by molar-refractivity contribution is 6.30. The Kier molecular flexibility index (Phi) is 3.98. The van der Waals surface area contributed by atoms with Crippen molar-refractivity contribution in [3.63, 3.8) is 0 Å². The van der Waals surface area contributed by atoms with Crippen LogP contribution in [0.25, 0.3) is 11.3 Å². The van der Waals surface area contributed by atoms with Gasteiger partial charge >= 0.3 is 0 Å². The molecule has 0 fully saturated rings. The lowest BCUT2D eigenvalue weighted by Gasteiger charge is -2.03. The van der Waals surface area contributed by atoms with Crippen molar-refractivity contribution >= 4 is 23.2 Å². The fourth-order valence-corrected chi connectivity index (χ4v) is 2.31. The van der Waals surface area contributed by atoms with Crippen molar-refractivity contribution < 1.29 is 9.21 Å². The third-order valence-electron chi connectivity index (χ3n) is 3.32. The fraction of sp³-hybridized carbons (Fsp3) is 0.0556. The standard InChI is InChI=1S/C18H14ClNO2/c1-12-16(11-17(22-12)13-5-3-2-4-6-13)18(21)20-15-9-7-14(19)8-10-15/h2-11H,1H3,(H,20,21). The Morgan fingerprint density at radius 1 is 1.05 bits per heavy atom. The van der Waals surface area contributed by atoms with Gasteiger partial charge in [0.1, 0.15) is 11.5 Å². The maximum Gasteiger partial charge on any atom is 0.259 e. The molecule has 0 saturated heterocycles. The molecule has 4 heteroatoms. The molecule has 1 N–H and O–H groups in total. The van der Waals surface area contributed by atoms with Gasteiger partial charge in [-0.05, 0) is 37.3 Å². The highest BCUT2D eigenvalue weighted by atomic mass is 35.5. The van der Waals surface area contributed by atoms with Gasteiger partial charge in [0.15, 0.2) is 0 Å². The van der Waals surface area contributed by atoms with Crippen LogP contribution in [0.5, 0.6) is 0 Å². The zero-order chi connectivity index (χ0) is 15.5. The summed E-state index contributed by atoms with van der Waals surface area (Å²) >= 11 is 5.83. The third-order valence-corrected chi connectivity index (χ3v) is 3.57. The molecule has 3 rings (SSSR count). The number of amides is 1. The van der Waals surface area contributed by atoms with E-state index in [9.17, 15) is 4.79 Å². The summed E-state index contributed by atoms with van der Waals surface area (Å²) in [7, 11) is 0. The van der Waals surface area contributed by atoms with Gasteiger partial charge in [0.2, 0.25) is 0 Å². The average molecular weight is 312 g/mol. The van der Waals surface area contributed by atoms with Gasteiger partial charge in [-0.15, -0.1) is 0 Å². The number of carbonyl (C=O) groups excluding carboxylic acids is 1.